The average Bonchev–Trinajstić information content (AvgIpc) is 2.39. The molecule has 0 fully saturated rings. The summed E-state index contributed by atoms with van der Waals surface area (Å²) in [6.45, 7) is 3.09. The van der Waals surface area contributed by atoms with E-state index in [9.17, 15) is 9.59 Å². The maximum Gasteiger partial charge on any atom is 0.220 e. The standard InChI is InChI=1S/C16H19NO2/c1-12(18)16-10-6-9-15(17(16)13(2)19)11-14-7-4-3-5-8-14/h3-9,15-16H,10-11H2,1-2H3. The Kier molecular flexibility index (Phi) is 4.15. The highest BCUT2D eigenvalue weighted by Crippen LogP contribution is 2.21. The van der Waals surface area contributed by atoms with Crippen LogP contribution in [-0.2, 0) is 16.0 Å². The van der Waals surface area contributed by atoms with Gasteiger partial charge in [-0.05, 0) is 25.3 Å². The highest BCUT2D eigenvalue weighted by molar-refractivity contribution is 5.87. The van der Waals surface area contributed by atoms with E-state index >= 15 is 0 Å². The molecule has 3 heteroatoms. The highest BCUT2D eigenvalue weighted by atomic mass is 16.2. The van der Waals surface area contributed by atoms with E-state index in [4.69, 9.17) is 0 Å². The molecule has 0 saturated carbocycles. The first kappa shape index (κ1) is 13.5. The van der Waals surface area contributed by atoms with Crippen molar-refractivity contribution in [3.63, 3.8) is 0 Å². The van der Waals surface area contributed by atoms with Gasteiger partial charge >= 0.3 is 0 Å². The molecule has 1 aromatic rings. The minimum atomic E-state index is -0.309. The Bertz CT molecular complexity index is 493. The summed E-state index contributed by atoms with van der Waals surface area (Å²) in [6, 6.07) is 9.71. The van der Waals surface area contributed by atoms with Gasteiger partial charge in [0.2, 0.25) is 5.91 Å². The fourth-order valence-corrected chi connectivity index (χ4v) is 2.64. The number of ketones is 1. The van der Waals surface area contributed by atoms with Crippen molar-refractivity contribution in [2.45, 2.75) is 38.8 Å². The predicted molar refractivity (Wildman–Crippen MR) is 74.7 cm³/mol. The Hall–Kier alpha value is -1.90. The number of carbonyl (C=O) groups is 2. The molecule has 100 valence electrons. The van der Waals surface area contributed by atoms with Gasteiger partial charge in [0, 0.05) is 6.92 Å². The molecular formula is C16H19NO2. The minimum absolute atomic E-state index is 0.0254. The van der Waals surface area contributed by atoms with Gasteiger partial charge < -0.3 is 4.90 Å². The van der Waals surface area contributed by atoms with Crippen LogP contribution in [0.15, 0.2) is 42.5 Å². The summed E-state index contributed by atoms with van der Waals surface area (Å²) >= 11 is 0. The number of carbonyl (C=O) groups excluding carboxylic acids is 2. The summed E-state index contributed by atoms with van der Waals surface area (Å²) in [4.78, 5) is 25.3. The number of amides is 1. The summed E-state index contributed by atoms with van der Waals surface area (Å²) in [5.74, 6) is 0.0168. The van der Waals surface area contributed by atoms with E-state index in [0.29, 0.717) is 6.42 Å². The van der Waals surface area contributed by atoms with Crippen molar-refractivity contribution in [2.24, 2.45) is 0 Å². The summed E-state index contributed by atoms with van der Waals surface area (Å²) in [5.41, 5.74) is 1.17. The Morgan fingerprint density at radius 1 is 1.21 bits per heavy atom. The van der Waals surface area contributed by atoms with Crippen LogP contribution in [0.2, 0.25) is 0 Å². The number of rotatable bonds is 3. The lowest BCUT2D eigenvalue weighted by Gasteiger charge is -2.37. The largest absolute Gasteiger partial charge is 0.326 e. The molecule has 0 aliphatic carbocycles. The second-order valence-corrected chi connectivity index (χ2v) is 4.97. The van der Waals surface area contributed by atoms with Crippen molar-refractivity contribution in [3.8, 4) is 0 Å². The molecule has 1 heterocycles. The molecule has 1 aromatic carbocycles. The minimum Gasteiger partial charge on any atom is -0.326 e. The Balaban J connectivity index is 2.22. The maximum atomic E-state index is 11.9. The summed E-state index contributed by atoms with van der Waals surface area (Å²) in [7, 11) is 0. The molecule has 0 N–H and O–H groups in total. The average molecular weight is 257 g/mol. The molecule has 19 heavy (non-hydrogen) atoms. The summed E-state index contributed by atoms with van der Waals surface area (Å²) in [5, 5.41) is 0. The van der Waals surface area contributed by atoms with Crippen LogP contribution in [-0.4, -0.2) is 28.7 Å². The van der Waals surface area contributed by atoms with Crippen molar-refractivity contribution >= 4 is 11.7 Å². The van der Waals surface area contributed by atoms with E-state index in [1.807, 2.05) is 42.5 Å². The van der Waals surface area contributed by atoms with Crippen LogP contribution in [0, 0.1) is 0 Å². The Morgan fingerprint density at radius 3 is 2.47 bits per heavy atom. The molecule has 2 unspecified atom stereocenters. The quantitative estimate of drug-likeness (QED) is 0.780. The molecule has 2 rings (SSSR count). The van der Waals surface area contributed by atoms with Crippen LogP contribution < -0.4 is 0 Å². The summed E-state index contributed by atoms with van der Waals surface area (Å²) in [6.07, 6.45) is 5.42. The zero-order valence-corrected chi connectivity index (χ0v) is 11.4. The lowest BCUT2D eigenvalue weighted by molar-refractivity contribution is -0.139. The smallest absolute Gasteiger partial charge is 0.220 e. The van der Waals surface area contributed by atoms with E-state index in [1.165, 1.54) is 12.5 Å². The maximum absolute atomic E-state index is 11.9. The van der Waals surface area contributed by atoms with Crippen LogP contribution in [0.1, 0.15) is 25.8 Å². The molecular weight excluding hydrogens is 238 g/mol. The highest BCUT2D eigenvalue weighted by Gasteiger charge is 2.32. The van der Waals surface area contributed by atoms with Crippen molar-refractivity contribution in [1.82, 2.24) is 4.90 Å². The normalized spacial score (nSPS) is 22.3. The van der Waals surface area contributed by atoms with Crippen LogP contribution in [0.4, 0.5) is 0 Å². The zero-order valence-electron chi connectivity index (χ0n) is 11.4. The monoisotopic (exact) mass is 257 g/mol. The third-order valence-electron chi connectivity index (χ3n) is 3.53. The van der Waals surface area contributed by atoms with E-state index in [0.717, 1.165) is 6.42 Å². The van der Waals surface area contributed by atoms with Gasteiger partial charge in [-0.15, -0.1) is 0 Å². The van der Waals surface area contributed by atoms with E-state index in [2.05, 4.69) is 0 Å². The van der Waals surface area contributed by atoms with Crippen molar-refractivity contribution in [1.29, 1.82) is 0 Å². The summed E-state index contributed by atoms with van der Waals surface area (Å²) < 4.78 is 0. The molecule has 1 amide bonds. The predicted octanol–water partition coefficient (Wildman–Crippen LogP) is 2.36. The molecule has 3 nitrogen and oxygen atoms in total. The van der Waals surface area contributed by atoms with Gasteiger partial charge in [-0.1, -0.05) is 42.5 Å². The van der Waals surface area contributed by atoms with Gasteiger partial charge in [0.1, 0.15) is 0 Å². The molecule has 1 aliphatic heterocycles. The zero-order chi connectivity index (χ0) is 13.8. The molecule has 0 aromatic heterocycles. The molecule has 2 atom stereocenters. The first-order chi connectivity index (χ1) is 9.09. The third-order valence-corrected chi connectivity index (χ3v) is 3.53. The van der Waals surface area contributed by atoms with Crippen LogP contribution in [0.5, 0.6) is 0 Å². The second-order valence-electron chi connectivity index (χ2n) is 4.97. The van der Waals surface area contributed by atoms with Gasteiger partial charge in [0.15, 0.2) is 5.78 Å². The van der Waals surface area contributed by atoms with E-state index in [1.54, 1.807) is 11.8 Å². The van der Waals surface area contributed by atoms with Gasteiger partial charge in [-0.25, -0.2) is 0 Å². The lowest BCUT2D eigenvalue weighted by atomic mass is 9.95. The third kappa shape index (κ3) is 3.11. The molecule has 0 bridgehead atoms. The van der Waals surface area contributed by atoms with Gasteiger partial charge in [0.05, 0.1) is 12.1 Å². The van der Waals surface area contributed by atoms with Crippen LogP contribution in [0.25, 0.3) is 0 Å². The number of Topliss-reactive ketones (excluding diaryl/α,β-unsaturated/α-hetero) is 1. The van der Waals surface area contributed by atoms with Gasteiger partial charge in [0.25, 0.3) is 0 Å². The van der Waals surface area contributed by atoms with Crippen molar-refractivity contribution < 1.29 is 9.59 Å². The lowest BCUT2D eigenvalue weighted by Crippen LogP contribution is -2.51. The van der Waals surface area contributed by atoms with Gasteiger partial charge in [-0.2, -0.15) is 0 Å². The SMILES string of the molecule is CC(=O)C1CC=CC(Cc2ccccc2)N1C(C)=O. The molecule has 1 aliphatic rings. The second kappa shape index (κ2) is 5.83. The number of benzene rings is 1. The van der Waals surface area contributed by atoms with Crippen LogP contribution in [0.3, 0.4) is 0 Å². The van der Waals surface area contributed by atoms with Crippen LogP contribution >= 0.6 is 0 Å². The Morgan fingerprint density at radius 2 is 1.89 bits per heavy atom. The topological polar surface area (TPSA) is 37.4 Å². The van der Waals surface area contributed by atoms with E-state index < -0.39 is 0 Å². The number of hydrogen-bond acceptors (Lipinski definition) is 2. The fourth-order valence-electron chi connectivity index (χ4n) is 2.64. The van der Waals surface area contributed by atoms with E-state index in [-0.39, 0.29) is 23.8 Å². The molecule has 0 radical (unpaired) electrons. The van der Waals surface area contributed by atoms with Crippen molar-refractivity contribution in [2.75, 3.05) is 0 Å². The number of nitrogens with zero attached hydrogens (tertiary/aromatic N) is 1. The van der Waals surface area contributed by atoms with Gasteiger partial charge in [-0.3, -0.25) is 9.59 Å². The molecule has 0 spiro atoms. The fraction of sp³-hybridized carbons (Fsp3) is 0.375. The first-order valence-corrected chi connectivity index (χ1v) is 6.59. The Labute approximate surface area is 113 Å². The molecule has 0 saturated heterocycles. The van der Waals surface area contributed by atoms with Crippen molar-refractivity contribution in [3.05, 3.63) is 48.0 Å². The first-order valence-electron chi connectivity index (χ1n) is 6.59. The number of hydrogen-bond donors (Lipinski definition) is 0.